The lowest BCUT2D eigenvalue weighted by Gasteiger charge is -2.46. The minimum atomic E-state index is -1.06. The monoisotopic (exact) mass is 355 g/mol. The van der Waals surface area contributed by atoms with Crippen molar-refractivity contribution in [2.45, 2.75) is 50.1 Å². The smallest absolute Gasteiger partial charge is 0.353 e. The number of aliphatic hydroxyl groups is 1. The summed E-state index contributed by atoms with van der Waals surface area (Å²) in [4.78, 5) is 26.2. The van der Waals surface area contributed by atoms with Gasteiger partial charge in [-0.15, -0.1) is 11.8 Å². The van der Waals surface area contributed by atoms with Gasteiger partial charge in [-0.1, -0.05) is 6.92 Å². The Morgan fingerprint density at radius 2 is 2.25 bits per heavy atom. The summed E-state index contributed by atoms with van der Waals surface area (Å²) < 4.78 is 0. The number of nitrogens with one attached hydrogen (secondary N) is 1. The van der Waals surface area contributed by atoms with Gasteiger partial charge in [-0.2, -0.15) is 0 Å². The first kappa shape index (κ1) is 17.7. The third-order valence-electron chi connectivity index (χ3n) is 5.30. The summed E-state index contributed by atoms with van der Waals surface area (Å²) in [6.07, 6.45) is 1.10. The lowest BCUT2D eigenvalue weighted by molar-refractivity contribution is -0.163. The second-order valence-corrected chi connectivity index (χ2v) is 8.27. The van der Waals surface area contributed by atoms with E-state index in [9.17, 15) is 19.8 Å². The average Bonchev–Trinajstić information content (AvgIpc) is 3.02. The highest BCUT2D eigenvalue weighted by molar-refractivity contribution is 8.03. The fourth-order valence-corrected chi connectivity index (χ4v) is 5.67. The molecule has 0 spiro atoms. The Morgan fingerprint density at radius 1 is 1.54 bits per heavy atom. The average molecular weight is 355 g/mol. The molecule has 3 rings (SSSR count). The fourth-order valence-electron chi connectivity index (χ4n) is 4.15. The number of amides is 1. The summed E-state index contributed by atoms with van der Waals surface area (Å²) in [7, 11) is 0. The normalized spacial score (nSPS) is 36.8. The van der Waals surface area contributed by atoms with Crippen molar-refractivity contribution in [2.24, 2.45) is 17.6 Å². The van der Waals surface area contributed by atoms with E-state index in [1.807, 2.05) is 6.92 Å². The molecule has 3 aliphatic heterocycles. The highest BCUT2D eigenvalue weighted by Crippen LogP contribution is 2.51. The molecular formula is C16H25N3O4S. The summed E-state index contributed by atoms with van der Waals surface area (Å²) in [6, 6.07) is 0.141. The molecule has 0 bridgehead atoms. The van der Waals surface area contributed by atoms with Crippen molar-refractivity contribution < 1.29 is 19.8 Å². The van der Waals surface area contributed by atoms with Crippen molar-refractivity contribution in [2.75, 3.05) is 13.1 Å². The molecule has 2 saturated heterocycles. The number of hydrogen-bond donors (Lipinski definition) is 4. The van der Waals surface area contributed by atoms with E-state index in [1.165, 1.54) is 4.90 Å². The van der Waals surface area contributed by atoms with Crippen molar-refractivity contribution in [1.82, 2.24) is 10.2 Å². The number of carbonyl (C=O) groups excluding carboxylic acids is 1. The molecule has 24 heavy (non-hydrogen) atoms. The van der Waals surface area contributed by atoms with Crippen LogP contribution in [-0.4, -0.2) is 63.5 Å². The molecule has 6 atom stereocenters. The first-order chi connectivity index (χ1) is 11.4. The molecule has 1 amide bonds. The third-order valence-corrected chi connectivity index (χ3v) is 6.81. The molecule has 0 radical (unpaired) electrons. The molecule has 0 unspecified atom stereocenters. The highest BCUT2D eigenvalue weighted by Gasteiger charge is 2.60. The maximum Gasteiger partial charge on any atom is 0.353 e. The van der Waals surface area contributed by atoms with Gasteiger partial charge in [0.25, 0.3) is 0 Å². The summed E-state index contributed by atoms with van der Waals surface area (Å²) in [6.45, 7) is 5.00. The molecule has 0 aromatic rings. The summed E-state index contributed by atoms with van der Waals surface area (Å²) >= 11 is 1.57. The number of fused-ring (bicyclic) bond motifs is 1. The van der Waals surface area contributed by atoms with E-state index in [0.29, 0.717) is 12.6 Å². The second kappa shape index (κ2) is 6.67. The van der Waals surface area contributed by atoms with Crippen LogP contribution in [0.25, 0.3) is 0 Å². The third kappa shape index (κ3) is 2.75. The Bertz CT molecular complexity index is 580. The van der Waals surface area contributed by atoms with Crippen LogP contribution < -0.4 is 11.1 Å². The van der Waals surface area contributed by atoms with Crippen molar-refractivity contribution in [3.05, 3.63) is 10.6 Å². The van der Waals surface area contributed by atoms with Crippen molar-refractivity contribution in [3.8, 4) is 0 Å². The van der Waals surface area contributed by atoms with E-state index in [-0.39, 0.29) is 28.8 Å². The van der Waals surface area contributed by atoms with Gasteiger partial charge in [0.1, 0.15) is 5.70 Å². The zero-order valence-electron chi connectivity index (χ0n) is 13.9. The van der Waals surface area contributed by atoms with Gasteiger partial charge in [0.05, 0.1) is 18.1 Å². The van der Waals surface area contributed by atoms with E-state index in [2.05, 4.69) is 5.32 Å². The number of β-lactam (4-membered cyclic amide) rings is 1. The Kier molecular flexibility index (Phi) is 4.92. The number of aliphatic hydroxyl groups excluding tert-OH is 1. The molecule has 0 saturated carbocycles. The van der Waals surface area contributed by atoms with E-state index in [0.717, 1.165) is 24.3 Å². The Morgan fingerprint density at radius 3 is 2.83 bits per heavy atom. The molecule has 134 valence electrons. The summed E-state index contributed by atoms with van der Waals surface area (Å²) in [5.41, 5.74) is 5.72. The Balaban J connectivity index is 1.79. The van der Waals surface area contributed by atoms with Crippen LogP contribution in [0, 0.1) is 11.8 Å². The molecule has 5 N–H and O–H groups in total. The number of carboxylic acids is 1. The minimum Gasteiger partial charge on any atom is -0.477 e. The van der Waals surface area contributed by atoms with Crippen LogP contribution in [-0.2, 0) is 9.59 Å². The van der Waals surface area contributed by atoms with Crippen molar-refractivity contribution in [3.63, 3.8) is 0 Å². The molecule has 3 aliphatic rings. The minimum absolute atomic E-state index is 0.0630. The summed E-state index contributed by atoms with van der Waals surface area (Å²) in [5, 5.41) is 23.2. The standard InChI is InChI=1S/C16H25N3O4S/c1-7-12-11(8(2)20)15(21)19(12)13(16(22)23)14(7)24-10-5-9(3-4-17)18-6-10/h7-12,18,20H,3-6,17H2,1-2H3,(H,22,23)/t7-,8-,9-,10+,11-,12-/m1/s1. The van der Waals surface area contributed by atoms with Crippen LogP contribution >= 0.6 is 11.8 Å². The first-order valence-electron chi connectivity index (χ1n) is 8.45. The molecule has 8 heteroatoms. The quantitative estimate of drug-likeness (QED) is 0.494. The van der Waals surface area contributed by atoms with Gasteiger partial charge in [0.2, 0.25) is 5.91 Å². The number of nitrogens with two attached hydrogens (primary N) is 1. The van der Waals surface area contributed by atoms with E-state index >= 15 is 0 Å². The Labute approximate surface area is 145 Å². The van der Waals surface area contributed by atoms with Gasteiger partial charge in [-0.05, 0) is 26.3 Å². The molecule has 0 aromatic heterocycles. The van der Waals surface area contributed by atoms with Crippen molar-refractivity contribution >= 4 is 23.6 Å². The number of thioether (sulfide) groups is 1. The van der Waals surface area contributed by atoms with Gasteiger partial charge >= 0.3 is 5.97 Å². The molecule has 2 fully saturated rings. The lowest BCUT2D eigenvalue weighted by Crippen LogP contribution is -2.63. The van der Waals surface area contributed by atoms with E-state index in [4.69, 9.17) is 5.73 Å². The van der Waals surface area contributed by atoms with Crippen LogP contribution in [0.1, 0.15) is 26.7 Å². The SMILES string of the molecule is C[C@@H](O)[C@H]1C(=O)N2C(C(=O)O)=C(S[C@@H]3CN[C@H](CCN)C3)[C@H](C)[C@H]12. The van der Waals surface area contributed by atoms with Gasteiger partial charge in [-0.3, -0.25) is 4.79 Å². The predicted octanol–water partition coefficient (Wildman–Crippen LogP) is -0.0474. The van der Waals surface area contributed by atoms with Crippen LogP contribution in [0.15, 0.2) is 10.6 Å². The number of carbonyl (C=O) groups is 2. The van der Waals surface area contributed by atoms with Crippen LogP contribution in [0.5, 0.6) is 0 Å². The zero-order valence-corrected chi connectivity index (χ0v) is 14.8. The van der Waals surface area contributed by atoms with Crippen molar-refractivity contribution in [1.29, 1.82) is 0 Å². The van der Waals surface area contributed by atoms with Crippen LogP contribution in [0.2, 0.25) is 0 Å². The molecular weight excluding hydrogens is 330 g/mol. The first-order valence-corrected chi connectivity index (χ1v) is 9.33. The fraction of sp³-hybridized carbons (Fsp3) is 0.750. The maximum absolute atomic E-state index is 12.3. The number of carboxylic acid groups (broad SMARTS) is 1. The topological polar surface area (TPSA) is 116 Å². The zero-order chi connectivity index (χ0) is 17.6. The van der Waals surface area contributed by atoms with Gasteiger partial charge < -0.3 is 26.2 Å². The Hall–Kier alpha value is -1.09. The number of nitrogens with zero attached hydrogens (tertiary/aromatic N) is 1. The van der Waals surface area contributed by atoms with E-state index in [1.54, 1.807) is 18.7 Å². The maximum atomic E-state index is 12.3. The number of hydrogen-bond acceptors (Lipinski definition) is 6. The molecule has 3 heterocycles. The molecule has 0 aromatic carbocycles. The van der Waals surface area contributed by atoms with E-state index < -0.39 is 18.0 Å². The molecule has 7 nitrogen and oxygen atoms in total. The van der Waals surface area contributed by atoms with Gasteiger partial charge in [-0.25, -0.2) is 4.79 Å². The van der Waals surface area contributed by atoms with Crippen LogP contribution in [0.4, 0.5) is 0 Å². The lowest BCUT2D eigenvalue weighted by atomic mass is 9.79. The number of aliphatic carboxylic acids is 1. The van der Waals surface area contributed by atoms with Crippen LogP contribution in [0.3, 0.4) is 0 Å². The summed E-state index contributed by atoms with van der Waals surface area (Å²) in [5.74, 6) is -1.90. The molecule has 0 aliphatic carbocycles. The largest absolute Gasteiger partial charge is 0.477 e. The second-order valence-electron chi connectivity index (χ2n) is 6.93. The number of rotatable bonds is 6. The van der Waals surface area contributed by atoms with Gasteiger partial charge in [0.15, 0.2) is 0 Å². The van der Waals surface area contributed by atoms with Gasteiger partial charge in [0, 0.05) is 28.7 Å². The highest BCUT2D eigenvalue weighted by atomic mass is 32.2. The predicted molar refractivity (Wildman–Crippen MR) is 91.1 cm³/mol.